The van der Waals surface area contributed by atoms with Crippen LogP contribution in [-0.2, 0) is 10.2 Å². The first-order chi connectivity index (χ1) is 9.45. The van der Waals surface area contributed by atoms with Crippen LogP contribution in [0, 0.1) is 6.92 Å². The van der Waals surface area contributed by atoms with Crippen molar-refractivity contribution < 1.29 is 8.42 Å². The molecule has 0 amide bonds. The Bertz CT molecular complexity index is 557. The molecule has 1 fully saturated rings. The van der Waals surface area contributed by atoms with Crippen molar-refractivity contribution in [2.24, 2.45) is 5.73 Å². The van der Waals surface area contributed by atoms with Gasteiger partial charge in [-0.05, 0) is 31.4 Å². The van der Waals surface area contributed by atoms with E-state index >= 15 is 0 Å². The summed E-state index contributed by atoms with van der Waals surface area (Å²) in [5, 5.41) is 0.398. The lowest BCUT2D eigenvalue weighted by Gasteiger charge is -2.34. The highest BCUT2D eigenvalue weighted by molar-refractivity contribution is 7.90. The van der Waals surface area contributed by atoms with Crippen molar-refractivity contribution in [3.8, 4) is 0 Å². The van der Waals surface area contributed by atoms with E-state index in [1.54, 1.807) is 12.1 Å². The summed E-state index contributed by atoms with van der Waals surface area (Å²) in [7, 11) is -3.62. The molecule has 0 aromatic heterocycles. The second-order valence-electron chi connectivity index (χ2n) is 5.03. The van der Waals surface area contributed by atoms with Crippen molar-refractivity contribution in [2.75, 3.05) is 17.8 Å². The Morgan fingerprint density at radius 1 is 1.45 bits per heavy atom. The molecule has 1 aliphatic heterocycles. The molecule has 0 aliphatic carbocycles. The highest BCUT2D eigenvalue weighted by Gasteiger charge is 2.31. The average Bonchev–Trinajstić information content (AvgIpc) is 2.43. The number of aryl methyl sites for hydroxylation is 1. The summed E-state index contributed by atoms with van der Waals surface area (Å²) in [5.41, 5.74) is 6.92. The van der Waals surface area contributed by atoms with E-state index in [2.05, 4.69) is 4.72 Å². The largest absolute Gasteiger partial charge is 0.329 e. The number of benzene rings is 1. The first kappa shape index (κ1) is 15.6. The number of piperidine rings is 1. The summed E-state index contributed by atoms with van der Waals surface area (Å²) in [6, 6.07) is 5.15. The van der Waals surface area contributed by atoms with E-state index in [9.17, 15) is 8.42 Å². The van der Waals surface area contributed by atoms with Gasteiger partial charge in [-0.3, -0.25) is 4.72 Å². The van der Waals surface area contributed by atoms with E-state index in [-0.39, 0.29) is 6.04 Å². The van der Waals surface area contributed by atoms with Crippen LogP contribution in [0.25, 0.3) is 0 Å². The molecule has 1 unspecified atom stereocenters. The number of nitrogens with two attached hydrogens (primary N) is 1. The monoisotopic (exact) mass is 317 g/mol. The molecular weight excluding hydrogens is 298 g/mol. The molecular formula is C13H20ClN3O2S. The van der Waals surface area contributed by atoms with Gasteiger partial charge in [0.25, 0.3) is 0 Å². The molecule has 0 spiro atoms. The number of halogens is 1. The molecule has 5 nitrogen and oxygen atoms in total. The fourth-order valence-corrected chi connectivity index (χ4v) is 4.40. The second-order valence-corrected chi connectivity index (χ2v) is 7.07. The van der Waals surface area contributed by atoms with Crippen LogP contribution in [0.4, 0.5) is 5.69 Å². The van der Waals surface area contributed by atoms with Crippen LogP contribution in [0.1, 0.15) is 24.8 Å². The Morgan fingerprint density at radius 3 is 2.85 bits per heavy atom. The second kappa shape index (κ2) is 6.30. The number of nitrogens with zero attached hydrogens (tertiary/aromatic N) is 1. The predicted octanol–water partition coefficient (Wildman–Crippen LogP) is 2.12. The van der Waals surface area contributed by atoms with Crippen LogP contribution in [0.3, 0.4) is 0 Å². The number of rotatable bonds is 4. The molecule has 0 saturated carbocycles. The number of nitrogens with one attached hydrogen (secondary N) is 1. The van der Waals surface area contributed by atoms with E-state index < -0.39 is 10.2 Å². The minimum atomic E-state index is -3.62. The summed E-state index contributed by atoms with van der Waals surface area (Å²) in [4.78, 5) is 0. The van der Waals surface area contributed by atoms with Crippen LogP contribution in [0.15, 0.2) is 18.2 Å². The molecule has 1 aliphatic rings. The SMILES string of the molecule is Cc1cccc(Cl)c1NS(=O)(=O)N1CCCCC1CN. The van der Waals surface area contributed by atoms with Gasteiger partial charge in [0, 0.05) is 19.1 Å². The zero-order chi connectivity index (χ0) is 14.8. The zero-order valence-electron chi connectivity index (χ0n) is 11.5. The van der Waals surface area contributed by atoms with Gasteiger partial charge >= 0.3 is 10.2 Å². The highest BCUT2D eigenvalue weighted by atomic mass is 35.5. The van der Waals surface area contributed by atoms with Gasteiger partial charge < -0.3 is 5.73 Å². The quantitative estimate of drug-likeness (QED) is 0.893. The van der Waals surface area contributed by atoms with Gasteiger partial charge in [0.15, 0.2) is 0 Å². The molecule has 1 atom stereocenters. The van der Waals surface area contributed by atoms with E-state index in [0.29, 0.717) is 23.8 Å². The molecule has 1 aromatic rings. The van der Waals surface area contributed by atoms with Gasteiger partial charge in [0.1, 0.15) is 0 Å². The summed E-state index contributed by atoms with van der Waals surface area (Å²) in [6.45, 7) is 2.66. The minimum absolute atomic E-state index is 0.135. The van der Waals surface area contributed by atoms with E-state index in [4.69, 9.17) is 17.3 Å². The standard InChI is InChI=1S/C13H20ClN3O2S/c1-10-5-4-7-12(14)13(10)16-20(18,19)17-8-3-2-6-11(17)9-15/h4-5,7,11,16H,2-3,6,8-9,15H2,1H3. The third-order valence-corrected chi connectivity index (χ3v) is 5.48. The van der Waals surface area contributed by atoms with Gasteiger partial charge in [0.2, 0.25) is 0 Å². The Labute approximate surface area is 125 Å². The Morgan fingerprint density at radius 2 is 2.20 bits per heavy atom. The van der Waals surface area contributed by atoms with E-state index in [1.165, 1.54) is 4.31 Å². The summed E-state index contributed by atoms with van der Waals surface area (Å²) < 4.78 is 29.1. The van der Waals surface area contributed by atoms with Crippen LogP contribution in [0.2, 0.25) is 5.02 Å². The molecule has 1 saturated heterocycles. The first-order valence-electron chi connectivity index (χ1n) is 6.70. The van der Waals surface area contributed by atoms with Crippen molar-refractivity contribution in [3.05, 3.63) is 28.8 Å². The number of anilines is 1. The zero-order valence-corrected chi connectivity index (χ0v) is 13.0. The Hall–Kier alpha value is -0.820. The van der Waals surface area contributed by atoms with E-state index in [1.807, 2.05) is 13.0 Å². The van der Waals surface area contributed by atoms with Gasteiger partial charge in [-0.15, -0.1) is 0 Å². The van der Waals surface area contributed by atoms with Gasteiger partial charge in [-0.25, -0.2) is 0 Å². The maximum atomic E-state index is 12.5. The fraction of sp³-hybridized carbons (Fsp3) is 0.538. The van der Waals surface area contributed by atoms with Crippen molar-refractivity contribution in [3.63, 3.8) is 0 Å². The molecule has 1 heterocycles. The molecule has 1 aromatic carbocycles. The summed E-state index contributed by atoms with van der Waals surface area (Å²) >= 11 is 6.07. The van der Waals surface area contributed by atoms with Crippen LogP contribution < -0.4 is 10.5 Å². The van der Waals surface area contributed by atoms with Crippen LogP contribution in [-0.4, -0.2) is 31.9 Å². The van der Waals surface area contributed by atoms with Gasteiger partial charge in [-0.1, -0.05) is 30.2 Å². The van der Waals surface area contributed by atoms with Crippen molar-refractivity contribution >= 4 is 27.5 Å². The number of hydrogen-bond donors (Lipinski definition) is 2. The average molecular weight is 318 g/mol. The third-order valence-electron chi connectivity index (χ3n) is 3.61. The van der Waals surface area contributed by atoms with Crippen molar-refractivity contribution in [1.82, 2.24) is 4.31 Å². The first-order valence-corrected chi connectivity index (χ1v) is 8.52. The van der Waals surface area contributed by atoms with Crippen molar-refractivity contribution in [2.45, 2.75) is 32.2 Å². The molecule has 3 N–H and O–H groups in total. The highest BCUT2D eigenvalue weighted by Crippen LogP contribution is 2.28. The topological polar surface area (TPSA) is 75.4 Å². The molecule has 0 bridgehead atoms. The maximum absolute atomic E-state index is 12.5. The van der Waals surface area contributed by atoms with Crippen LogP contribution >= 0.6 is 11.6 Å². The summed E-state index contributed by atoms with van der Waals surface area (Å²) in [6.07, 6.45) is 2.68. The molecule has 112 valence electrons. The Balaban J connectivity index is 2.26. The van der Waals surface area contributed by atoms with Gasteiger partial charge in [0.05, 0.1) is 10.7 Å². The maximum Gasteiger partial charge on any atom is 0.301 e. The fourth-order valence-electron chi connectivity index (χ4n) is 2.47. The van der Waals surface area contributed by atoms with Crippen LogP contribution in [0.5, 0.6) is 0 Å². The molecule has 7 heteroatoms. The lowest BCUT2D eigenvalue weighted by Crippen LogP contribution is -2.49. The number of hydrogen-bond acceptors (Lipinski definition) is 3. The summed E-state index contributed by atoms with van der Waals surface area (Å²) in [5.74, 6) is 0. The molecule has 0 radical (unpaired) electrons. The molecule has 20 heavy (non-hydrogen) atoms. The number of para-hydroxylation sites is 1. The third kappa shape index (κ3) is 3.25. The smallest absolute Gasteiger partial charge is 0.301 e. The predicted molar refractivity (Wildman–Crippen MR) is 82.1 cm³/mol. The van der Waals surface area contributed by atoms with Gasteiger partial charge in [-0.2, -0.15) is 12.7 Å². The lowest BCUT2D eigenvalue weighted by atomic mass is 10.1. The van der Waals surface area contributed by atoms with E-state index in [0.717, 1.165) is 24.8 Å². The normalized spacial score (nSPS) is 20.9. The Kier molecular flexibility index (Phi) is 4.90. The van der Waals surface area contributed by atoms with Crippen molar-refractivity contribution in [1.29, 1.82) is 0 Å². The minimum Gasteiger partial charge on any atom is -0.329 e. The molecule has 2 rings (SSSR count). The lowest BCUT2D eigenvalue weighted by molar-refractivity contribution is 0.259.